The van der Waals surface area contributed by atoms with Crippen molar-refractivity contribution in [2.75, 3.05) is 18.0 Å². The molecule has 0 spiro atoms. The van der Waals surface area contributed by atoms with E-state index in [1.165, 1.54) is 22.6 Å². The minimum absolute atomic E-state index is 0.431. The third kappa shape index (κ3) is 2.52. The monoisotopic (exact) mass is 354 g/mol. The smallest absolute Gasteiger partial charge is 0.185 e. The number of aromatic nitrogens is 5. The molecule has 1 fully saturated rings. The standard InChI is InChI=1S/C18H22N6S/c1-11-12(2)25-18(19-11)23-8-6-13(7-9-23)17-21-20-16-10-14-4-3-5-15(14)22-24(16)17/h10,13H,3-9H2,1-2H3. The summed E-state index contributed by atoms with van der Waals surface area (Å²) in [6.45, 7) is 6.29. The van der Waals surface area contributed by atoms with Gasteiger partial charge in [0.2, 0.25) is 0 Å². The van der Waals surface area contributed by atoms with Crippen molar-refractivity contribution >= 4 is 22.1 Å². The summed E-state index contributed by atoms with van der Waals surface area (Å²) in [5, 5.41) is 14.9. The molecule has 2 aliphatic rings. The van der Waals surface area contributed by atoms with Gasteiger partial charge in [-0.1, -0.05) is 0 Å². The van der Waals surface area contributed by atoms with Gasteiger partial charge in [0, 0.05) is 23.9 Å². The molecule has 0 bridgehead atoms. The van der Waals surface area contributed by atoms with Crippen molar-refractivity contribution in [1.82, 2.24) is 24.8 Å². The second-order valence-electron chi connectivity index (χ2n) is 7.20. The lowest BCUT2D eigenvalue weighted by molar-refractivity contribution is 0.476. The Kier molecular flexibility index (Phi) is 3.51. The van der Waals surface area contributed by atoms with E-state index in [4.69, 9.17) is 10.1 Å². The van der Waals surface area contributed by atoms with E-state index in [0.29, 0.717) is 5.92 Å². The second kappa shape index (κ2) is 5.76. The van der Waals surface area contributed by atoms with Crippen LogP contribution in [0.5, 0.6) is 0 Å². The van der Waals surface area contributed by atoms with E-state index in [1.807, 2.05) is 4.52 Å². The van der Waals surface area contributed by atoms with Crippen LogP contribution in [0, 0.1) is 13.8 Å². The van der Waals surface area contributed by atoms with Gasteiger partial charge in [0.05, 0.1) is 11.4 Å². The fraction of sp³-hybridized carbons (Fsp3) is 0.556. The highest BCUT2D eigenvalue weighted by Gasteiger charge is 2.27. The Morgan fingerprint density at radius 3 is 2.72 bits per heavy atom. The molecule has 4 heterocycles. The lowest BCUT2D eigenvalue weighted by Gasteiger charge is -2.30. The number of hydrogen-bond acceptors (Lipinski definition) is 6. The molecule has 0 saturated carbocycles. The average molecular weight is 354 g/mol. The first kappa shape index (κ1) is 15.3. The van der Waals surface area contributed by atoms with Crippen LogP contribution in [0.25, 0.3) is 5.65 Å². The first-order valence-electron chi connectivity index (χ1n) is 9.12. The summed E-state index contributed by atoms with van der Waals surface area (Å²) in [7, 11) is 0. The molecule has 7 heteroatoms. The molecule has 0 radical (unpaired) electrons. The van der Waals surface area contributed by atoms with Gasteiger partial charge in [-0.3, -0.25) is 0 Å². The van der Waals surface area contributed by atoms with Crippen molar-refractivity contribution in [3.63, 3.8) is 0 Å². The number of fused-ring (bicyclic) bond motifs is 2. The fourth-order valence-corrected chi connectivity index (χ4v) is 4.93. The highest BCUT2D eigenvalue weighted by Crippen LogP contribution is 2.33. The molecule has 6 nitrogen and oxygen atoms in total. The van der Waals surface area contributed by atoms with Gasteiger partial charge in [-0.2, -0.15) is 9.61 Å². The predicted molar refractivity (Wildman–Crippen MR) is 98.6 cm³/mol. The van der Waals surface area contributed by atoms with E-state index in [1.54, 1.807) is 11.3 Å². The number of hydrogen-bond donors (Lipinski definition) is 0. The van der Waals surface area contributed by atoms with Crippen LogP contribution in [-0.2, 0) is 12.8 Å². The number of aryl methyl sites for hydroxylation is 4. The molecule has 130 valence electrons. The third-order valence-corrected chi connectivity index (χ3v) is 6.72. The molecule has 0 unspecified atom stereocenters. The number of thiazole rings is 1. The molecular weight excluding hydrogens is 332 g/mol. The van der Waals surface area contributed by atoms with E-state index in [9.17, 15) is 0 Å². The number of anilines is 1. The van der Waals surface area contributed by atoms with Crippen LogP contribution in [-0.4, -0.2) is 37.9 Å². The van der Waals surface area contributed by atoms with Gasteiger partial charge in [-0.25, -0.2) is 4.98 Å². The highest BCUT2D eigenvalue weighted by atomic mass is 32.1. The molecule has 0 amide bonds. The predicted octanol–water partition coefficient (Wildman–Crippen LogP) is 3.07. The van der Waals surface area contributed by atoms with Crippen molar-refractivity contribution in [2.24, 2.45) is 0 Å². The van der Waals surface area contributed by atoms with Gasteiger partial charge in [0.25, 0.3) is 0 Å². The maximum Gasteiger partial charge on any atom is 0.185 e. The molecule has 5 rings (SSSR count). The van der Waals surface area contributed by atoms with Crippen LogP contribution < -0.4 is 4.90 Å². The highest BCUT2D eigenvalue weighted by molar-refractivity contribution is 7.15. The van der Waals surface area contributed by atoms with Gasteiger partial charge < -0.3 is 4.90 Å². The first-order valence-corrected chi connectivity index (χ1v) is 9.94. The Labute approximate surface area is 150 Å². The molecule has 1 aliphatic carbocycles. The summed E-state index contributed by atoms with van der Waals surface area (Å²) in [4.78, 5) is 8.44. The maximum atomic E-state index is 4.85. The van der Waals surface area contributed by atoms with Crippen LogP contribution in [0.4, 0.5) is 5.13 Å². The van der Waals surface area contributed by atoms with Gasteiger partial charge >= 0.3 is 0 Å². The summed E-state index contributed by atoms with van der Waals surface area (Å²) in [5.74, 6) is 1.47. The maximum absolute atomic E-state index is 4.85. The zero-order valence-corrected chi connectivity index (χ0v) is 15.5. The lowest BCUT2D eigenvalue weighted by atomic mass is 9.96. The Morgan fingerprint density at radius 2 is 1.96 bits per heavy atom. The summed E-state index contributed by atoms with van der Waals surface area (Å²) in [6.07, 6.45) is 5.59. The Morgan fingerprint density at radius 1 is 1.12 bits per heavy atom. The van der Waals surface area contributed by atoms with Crippen LogP contribution in [0.1, 0.15) is 52.8 Å². The van der Waals surface area contributed by atoms with Gasteiger partial charge in [0.1, 0.15) is 0 Å². The minimum atomic E-state index is 0.431. The van der Waals surface area contributed by atoms with Crippen molar-refractivity contribution in [3.8, 4) is 0 Å². The molecule has 25 heavy (non-hydrogen) atoms. The zero-order chi connectivity index (χ0) is 17.0. The fourth-order valence-electron chi connectivity index (χ4n) is 3.97. The van der Waals surface area contributed by atoms with Crippen LogP contribution in [0.15, 0.2) is 6.07 Å². The van der Waals surface area contributed by atoms with E-state index in [-0.39, 0.29) is 0 Å². The molecule has 1 aliphatic heterocycles. The topological polar surface area (TPSA) is 59.2 Å². The molecule has 0 aromatic carbocycles. The van der Waals surface area contributed by atoms with Gasteiger partial charge in [-0.05, 0) is 57.6 Å². The zero-order valence-electron chi connectivity index (χ0n) is 14.7. The molecule has 3 aromatic heterocycles. The van der Waals surface area contributed by atoms with Crippen molar-refractivity contribution in [2.45, 2.75) is 51.9 Å². The number of rotatable bonds is 2. The average Bonchev–Trinajstić information content (AvgIpc) is 3.32. The first-order chi connectivity index (χ1) is 12.2. The largest absolute Gasteiger partial charge is 0.348 e. The SMILES string of the molecule is Cc1nc(N2CCC(c3nnc4cc5c(nn34)CCC5)CC2)sc1C. The van der Waals surface area contributed by atoms with Crippen molar-refractivity contribution in [1.29, 1.82) is 0 Å². The Bertz CT molecular complexity index is 915. The minimum Gasteiger partial charge on any atom is -0.348 e. The molecular formula is C18H22N6S. The van der Waals surface area contributed by atoms with Crippen LogP contribution in [0.3, 0.4) is 0 Å². The Balaban J connectivity index is 1.38. The second-order valence-corrected chi connectivity index (χ2v) is 8.38. The summed E-state index contributed by atoms with van der Waals surface area (Å²) in [5.41, 5.74) is 4.66. The third-order valence-electron chi connectivity index (χ3n) is 5.59. The Hall–Kier alpha value is -2.02. The van der Waals surface area contributed by atoms with Crippen LogP contribution >= 0.6 is 11.3 Å². The molecule has 0 N–H and O–H groups in total. The molecule has 3 aromatic rings. The molecule has 0 atom stereocenters. The quantitative estimate of drug-likeness (QED) is 0.708. The van der Waals surface area contributed by atoms with E-state index >= 15 is 0 Å². The number of piperidine rings is 1. The summed E-state index contributed by atoms with van der Waals surface area (Å²) < 4.78 is 2.00. The van der Waals surface area contributed by atoms with E-state index in [2.05, 4.69) is 35.0 Å². The van der Waals surface area contributed by atoms with Gasteiger partial charge in [0.15, 0.2) is 16.6 Å². The van der Waals surface area contributed by atoms with Crippen molar-refractivity contribution < 1.29 is 0 Å². The van der Waals surface area contributed by atoms with E-state index in [0.717, 1.165) is 61.1 Å². The normalized spacial score (nSPS) is 18.2. The lowest BCUT2D eigenvalue weighted by Crippen LogP contribution is -2.33. The van der Waals surface area contributed by atoms with E-state index < -0.39 is 0 Å². The van der Waals surface area contributed by atoms with Gasteiger partial charge in [-0.15, -0.1) is 21.5 Å². The van der Waals surface area contributed by atoms with Crippen molar-refractivity contribution in [3.05, 3.63) is 33.7 Å². The summed E-state index contributed by atoms with van der Waals surface area (Å²) >= 11 is 1.80. The molecule has 1 saturated heterocycles. The van der Waals surface area contributed by atoms with Crippen LogP contribution in [0.2, 0.25) is 0 Å². The summed E-state index contributed by atoms with van der Waals surface area (Å²) in [6, 6.07) is 2.18. The number of nitrogens with zero attached hydrogens (tertiary/aromatic N) is 6.